The Morgan fingerprint density at radius 3 is 2.03 bits per heavy atom. The predicted molar refractivity (Wildman–Crippen MR) is 153 cm³/mol. The van der Waals surface area contributed by atoms with Crippen LogP contribution in [0.3, 0.4) is 0 Å². The number of carbonyl (C=O) groups is 2. The fourth-order valence-corrected chi connectivity index (χ4v) is 5.35. The van der Waals surface area contributed by atoms with Crippen molar-refractivity contribution in [2.75, 3.05) is 24.0 Å². The third-order valence-electron chi connectivity index (χ3n) is 6.09. The van der Waals surface area contributed by atoms with Gasteiger partial charge in [-0.25, -0.2) is 8.42 Å². The summed E-state index contributed by atoms with van der Waals surface area (Å²) in [6, 6.07) is 23.1. The van der Waals surface area contributed by atoms with Gasteiger partial charge in [-0.05, 0) is 61.7 Å². The lowest BCUT2D eigenvalue weighted by Crippen LogP contribution is -2.51. The van der Waals surface area contributed by atoms with E-state index in [0.29, 0.717) is 24.6 Å². The van der Waals surface area contributed by atoms with Crippen LogP contribution in [0.5, 0.6) is 5.75 Å². The van der Waals surface area contributed by atoms with Gasteiger partial charge >= 0.3 is 0 Å². The molecule has 0 saturated heterocycles. The Morgan fingerprint density at radius 2 is 1.46 bits per heavy atom. The molecule has 0 aliphatic carbocycles. The number of hydrogen-bond donors (Lipinski definition) is 1. The van der Waals surface area contributed by atoms with Gasteiger partial charge in [-0.2, -0.15) is 0 Å². The second-order valence-corrected chi connectivity index (χ2v) is 11.4. The van der Waals surface area contributed by atoms with Crippen molar-refractivity contribution < 1.29 is 22.7 Å². The summed E-state index contributed by atoms with van der Waals surface area (Å²) in [6.45, 7) is 8.08. The minimum atomic E-state index is -4.12. The van der Waals surface area contributed by atoms with Crippen LogP contribution in [0.4, 0.5) is 5.69 Å². The van der Waals surface area contributed by atoms with E-state index < -0.39 is 28.5 Å². The molecule has 2 amide bonds. The summed E-state index contributed by atoms with van der Waals surface area (Å²) in [4.78, 5) is 28.3. The molecule has 1 atom stereocenters. The molecule has 3 rings (SSSR count). The molecule has 0 saturated carbocycles. The molecule has 0 unspecified atom stereocenters. The summed E-state index contributed by atoms with van der Waals surface area (Å²) >= 11 is 0. The van der Waals surface area contributed by atoms with Crippen molar-refractivity contribution in [3.05, 3.63) is 90.5 Å². The van der Waals surface area contributed by atoms with E-state index in [1.54, 1.807) is 49.4 Å². The summed E-state index contributed by atoms with van der Waals surface area (Å²) in [6.07, 6.45) is 0. The van der Waals surface area contributed by atoms with E-state index in [1.165, 1.54) is 17.0 Å². The molecule has 0 aliphatic rings. The summed E-state index contributed by atoms with van der Waals surface area (Å²) in [5, 5.41) is 2.88. The molecule has 1 N–H and O–H groups in total. The molecule has 39 heavy (non-hydrogen) atoms. The van der Waals surface area contributed by atoms with Gasteiger partial charge in [0, 0.05) is 13.1 Å². The van der Waals surface area contributed by atoms with E-state index in [4.69, 9.17) is 4.74 Å². The van der Waals surface area contributed by atoms with Crippen LogP contribution in [0.2, 0.25) is 0 Å². The molecular weight excluding hydrogens is 514 g/mol. The minimum Gasteiger partial charge on any atom is -0.494 e. The lowest BCUT2D eigenvalue weighted by molar-refractivity contribution is -0.139. The highest BCUT2D eigenvalue weighted by atomic mass is 32.2. The highest BCUT2D eigenvalue weighted by Gasteiger charge is 2.32. The SMILES string of the molecule is CCOc1ccc(S(=O)(=O)N(CC(=O)N(Cc2ccccc2)[C@H](C)C(=O)NCC(C)C)c2ccccc2)cc1. The second kappa shape index (κ2) is 13.8. The normalized spacial score (nSPS) is 12.0. The van der Waals surface area contributed by atoms with Gasteiger partial charge in [-0.15, -0.1) is 0 Å². The minimum absolute atomic E-state index is 0.0277. The number of anilines is 1. The Balaban J connectivity index is 1.96. The quantitative estimate of drug-likeness (QED) is 0.338. The largest absolute Gasteiger partial charge is 0.494 e. The van der Waals surface area contributed by atoms with Crippen molar-refractivity contribution in [3.8, 4) is 5.75 Å². The average molecular weight is 552 g/mol. The maximum Gasteiger partial charge on any atom is 0.264 e. The van der Waals surface area contributed by atoms with Gasteiger partial charge in [0.25, 0.3) is 10.0 Å². The number of nitrogens with one attached hydrogen (secondary N) is 1. The average Bonchev–Trinajstić information content (AvgIpc) is 2.94. The number of amides is 2. The summed E-state index contributed by atoms with van der Waals surface area (Å²) in [5.74, 6) is -0.000611. The first-order valence-electron chi connectivity index (χ1n) is 13.0. The molecule has 3 aromatic rings. The highest BCUT2D eigenvalue weighted by Crippen LogP contribution is 2.26. The van der Waals surface area contributed by atoms with Crippen molar-refractivity contribution in [1.29, 1.82) is 0 Å². The topological polar surface area (TPSA) is 96.0 Å². The predicted octanol–water partition coefficient (Wildman–Crippen LogP) is 4.47. The smallest absolute Gasteiger partial charge is 0.264 e. The van der Waals surface area contributed by atoms with E-state index in [-0.39, 0.29) is 23.3 Å². The standard InChI is InChI=1S/C30H37N3O5S/c1-5-38-27-16-18-28(19-17-27)39(36,37)33(26-14-10-7-11-15-26)22-29(34)32(21-25-12-8-6-9-13-25)24(4)30(35)31-20-23(2)3/h6-19,23-24H,5,20-22H2,1-4H3,(H,31,35)/t24-/m1/s1. The number of para-hydroxylation sites is 1. The molecule has 3 aromatic carbocycles. The monoisotopic (exact) mass is 551 g/mol. The lowest BCUT2D eigenvalue weighted by Gasteiger charge is -2.32. The van der Waals surface area contributed by atoms with Crippen molar-refractivity contribution in [2.45, 2.75) is 45.2 Å². The van der Waals surface area contributed by atoms with Gasteiger partial charge in [0.1, 0.15) is 18.3 Å². The fourth-order valence-electron chi connectivity index (χ4n) is 3.94. The maximum absolute atomic E-state index is 13.9. The molecular formula is C30H37N3O5S. The summed E-state index contributed by atoms with van der Waals surface area (Å²) < 4.78 is 34.2. The molecule has 0 bridgehead atoms. The fraction of sp³-hybridized carbons (Fsp3) is 0.333. The van der Waals surface area contributed by atoms with Crippen molar-refractivity contribution >= 4 is 27.5 Å². The van der Waals surface area contributed by atoms with Crippen molar-refractivity contribution in [1.82, 2.24) is 10.2 Å². The molecule has 9 heteroatoms. The van der Waals surface area contributed by atoms with Crippen LogP contribution in [0.1, 0.15) is 33.3 Å². The van der Waals surface area contributed by atoms with Crippen LogP contribution in [-0.4, -0.2) is 50.9 Å². The van der Waals surface area contributed by atoms with Crippen molar-refractivity contribution in [2.24, 2.45) is 5.92 Å². The van der Waals surface area contributed by atoms with Crippen LogP contribution >= 0.6 is 0 Å². The summed E-state index contributed by atoms with van der Waals surface area (Å²) in [7, 11) is -4.12. The van der Waals surface area contributed by atoms with E-state index >= 15 is 0 Å². The van der Waals surface area contributed by atoms with Gasteiger partial charge in [0.15, 0.2) is 0 Å². The number of sulfonamides is 1. The first-order chi connectivity index (χ1) is 18.6. The molecule has 0 aromatic heterocycles. The number of benzene rings is 3. The number of ether oxygens (including phenoxy) is 1. The third kappa shape index (κ3) is 8.07. The Hall–Kier alpha value is -3.85. The van der Waals surface area contributed by atoms with Crippen LogP contribution in [-0.2, 0) is 26.2 Å². The Labute approximate surface area is 231 Å². The van der Waals surface area contributed by atoms with Crippen molar-refractivity contribution in [3.63, 3.8) is 0 Å². The van der Waals surface area contributed by atoms with Crippen LogP contribution < -0.4 is 14.4 Å². The van der Waals surface area contributed by atoms with Gasteiger partial charge in [-0.1, -0.05) is 62.4 Å². The molecule has 0 spiro atoms. The number of nitrogens with zero attached hydrogens (tertiary/aromatic N) is 2. The van der Waals surface area contributed by atoms with Gasteiger partial charge < -0.3 is 15.0 Å². The third-order valence-corrected chi connectivity index (χ3v) is 7.88. The van der Waals surface area contributed by atoms with E-state index in [2.05, 4.69) is 5.32 Å². The van der Waals surface area contributed by atoms with E-state index in [0.717, 1.165) is 9.87 Å². The molecule has 208 valence electrons. The Bertz CT molecular complexity index is 1310. The number of rotatable bonds is 13. The Kier molecular flexibility index (Phi) is 10.5. The van der Waals surface area contributed by atoms with Gasteiger partial charge in [-0.3, -0.25) is 13.9 Å². The molecule has 0 fully saturated rings. The molecule has 0 aliphatic heterocycles. The van der Waals surface area contributed by atoms with Gasteiger partial charge in [0.05, 0.1) is 17.2 Å². The highest BCUT2D eigenvalue weighted by molar-refractivity contribution is 7.92. The van der Waals surface area contributed by atoms with Crippen LogP contribution in [0, 0.1) is 5.92 Å². The first-order valence-corrected chi connectivity index (χ1v) is 14.5. The van der Waals surface area contributed by atoms with E-state index in [9.17, 15) is 18.0 Å². The van der Waals surface area contributed by atoms with Crippen LogP contribution in [0.15, 0.2) is 89.8 Å². The molecule has 0 radical (unpaired) electrons. The Morgan fingerprint density at radius 1 is 0.872 bits per heavy atom. The zero-order valence-corrected chi connectivity index (χ0v) is 23.7. The maximum atomic E-state index is 13.9. The molecule has 8 nitrogen and oxygen atoms in total. The lowest BCUT2D eigenvalue weighted by atomic mass is 10.1. The molecule has 0 heterocycles. The first kappa shape index (κ1) is 29.7. The zero-order valence-electron chi connectivity index (χ0n) is 22.9. The number of carbonyl (C=O) groups excluding carboxylic acids is 2. The van der Waals surface area contributed by atoms with Crippen LogP contribution in [0.25, 0.3) is 0 Å². The zero-order chi connectivity index (χ0) is 28.4. The van der Waals surface area contributed by atoms with Gasteiger partial charge in [0.2, 0.25) is 11.8 Å². The second-order valence-electron chi connectivity index (χ2n) is 9.57. The summed E-state index contributed by atoms with van der Waals surface area (Å²) in [5.41, 5.74) is 1.17. The van der Waals surface area contributed by atoms with E-state index in [1.807, 2.05) is 51.1 Å². The number of hydrogen-bond acceptors (Lipinski definition) is 5.